The van der Waals surface area contributed by atoms with Gasteiger partial charge in [0.1, 0.15) is 11.1 Å². The maximum absolute atomic E-state index is 13.7. The van der Waals surface area contributed by atoms with Crippen LogP contribution in [0.2, 0.25) is 0 Å². The van der Waals surface area contributed by atoms with Crippen LogP contribution in [-0.4, -0.2) is 37.8 Å². The minimum absolute atomic E-state index is 0.0150. The van der Waals surface area contributed by atoms with Crippen molar-refractivity contribution in [3.05, 3.63) is 46.0 Å². The topological polar surface area (TPSA) is 107 Å². The number of nitrogens with zero attached hydrogens (tertiary/aromatic N) is 3. The molecule has 0 saturated heterocycles. The van der Waals surface area contributed by atoms with E-state index in [0.29, 0.717) is 0 Å². The van der Waals surface area contributed by atoms with Crippen LogP contribution in [0.1, 0.15) is 61.8 Å². The Morgan fingerprint density at radius 2 is 1.85 bits per heavy atom. The molecule has 3 heterocycles. The van der Waals surface area contributed by atoms with Crippen molar-refractivity contribution in [2.75, 3.05) is 0 Å². The molecule has 1 saturated carbocycles. The molecular formula is C22H22F5N5O2. The van der Waals surface area contributed by atoms with Gasteiger partial charge in [-0.15, -0.1) is 0 Å². The lowest BCUT2D eigenvalue weighted by molar-refractivity contribution is -0.181. The number of hydrogen-bond acceptors (Lipinski definition) is 4. The summed E-state index contributed by atoms with van der Waals surface area (Å²) in [6.45, 7) is 1.96. The number of amides is 1. The quantitative estimate of drug-likeness (QED) is 0.534. The van der Waals surface area contributed by atoms with Gasteiger partial charge in [0.25, 0.3) is 5.91 Å². The number of halogens is 5. The maximum atomic E-state index is 13.7. The summed E-state index contributed by atoms with van der Waals surface area (Å²) < 4.78 is 70.0. The summed E-state index contributed by atoms with van der Waals surface area (Å²) >= 11 is 0. The van der Waals surface area contributed by atoms with Crippen LogP contribution in [0.5, 0.6) is 0 Å². The standard InChI is InChI=1S/C22H22F5N5O2/c1-20(2,22(25,26)27)16-10-14(32(31-16)11-3-6-21(23,24)7-4-11)13-9-15(33)17-12(30-13)5-8-29-18(17)19(28)34/h5,8-11H,3-4,6-7H2,1-2H3,(H2,28,34)(H,30,33). The van der Waals surface area contributed by atoms with Crippen LogP contribution in [0.25, 0.3) is 22.3 Å². The summed E-state index contributed by atoms with van der Waals surface area (Å²) in [6.07, 6.45) is -4.17. The van der Waals surface area contributed by atoms with Gasteiger partial charge in [-0.3, -0.25) is 19.3 Å². The normalized spacial score (nSPS) is 17.3. The number of fused-ring (bicyclic) bond motifs is 1. The highest BCUT2D eigenvalue weighted by atomic mass is 19.4. The fourth-order valence-corrected chi connectivity index (χ4v) is 4.12. The van der Waals surface area contributed by atoms with Crippen LogP contribution in [-0.2, 0) is 5.41 Å². The molecule has 0 unspecified atom stereocenters. The largest absolute Gasteiger partial charge is 0.399 e. The Kier molecular flexibility index (Phi) is 5.52. The van der Waals surface area contributed by atoms with Crippen molar-refractivity contribution in [1.29, 1.82) is 0 Å². The molecule has 0 aliphatic heterocycles. The fourth-order valence-electron chi connectivity index (χ4n) is 4.12. The van der Waals surface area contributed by atoms with E-state index in [2.05, 4.69) is 15.1 Å². The SMILES string of the molecule is CC(C)(c1cc(-c2cc(=O)c3c(C(N)=O)nccc3[nH]2)n(C2CCC(F)(F)CC2)n1)C(F)(F)F. The lowest BCUT2D eigenvalue weighted by atomic mass is 9.88. The zero-order valence-corrected chi connectivity index (χ0v) is 18.3. The first-order chi connectivity index (χ1) is 15.7. The van der Waals surface area contributed by atoms with E-state index in [1.165, 1.54) is 23.0 Å². The number of aromatic amines is 1. The highest BCUT2D eigenvalue weighted by Gasteiger charge is 2.50. The molecule has 1 aliphatic rings. The van der Waals surface area contributed by atoms with E-state index in [-0.39, 0.29) is 46.5 Å². The second-order valence-electron chi connectivity index (χ2n) is 9.06. The van der Waals surface area contributed by atoms with Crippen molar-refractivity contribution >= 4 is 16.8 Å². The van der Waals surface area contributed by atoms with Gasteiger partial charge < -0.3 is 10.7 Å². The first kappa shape index (κ1) is 23.8. The zero-order valence-electron chi connectivity index (χ0n) is 18.3. The summed E-state index contributed by atoms with van der Waals surface area (Å²) in [5, 5.41) is 4.14. The first-order valence-corrected chi connectivity index (χ1v) is 10.6. The predicted octanol–water partition coefficient (Wildman–Crippen LogP) is 4.48. The number of carbonyl (C=O) groups excluding carboxylic acids is 1. The molecule has 0 aromatic carbocycles. The molecule has 3 aromatic heterocycles. The van der Waals surface area contributed by atoms with E-state index in [0.717, 1.165) is 19.9 Å². The number of nitrogens with two attached hydrogens (primary N) is 1. The Balaban J connectivity index is 1.91. The second-order valence-corrected chi connectivity index (χ2v) is 9.06. The van der Waals surface area contributed by atoms with Crippen molar-refractivity contribution in [3.63, 3.8) is 0 Å². The van der Waals surface area contributed by atoms with Crippen molar-refractivity contribution in [3.8, 4) is 11.4 Å². The molecule has 7 nitrogen and oxygen atoms in total. The van der Waals surface area contributed by atoms with Gasteiger partial charge in [0.2, 0.25) is 5.92 Å². The number of carbonyl (C=O) groups is 1. The summed E-state index contributed by atoms with van der Waals surface area (Å²) in [7, 11) is 0. The van der Waals surface area contributed by atoms with Crippen LogP contribution in [0.15, 0.2) is 29.2 Å². The van der Waals surface area contributed by atoms with Gasteiger partial charge in [-0.25, -0.2) is 8.78 Å². The van der Waals surface area contributed by atoms with E-state index in [1.807, 2.05) is 0 Å². The van der Waals surface area contributed by atoms with Crippen LogP contribution >= 0.6 is 0 Å². The molecule has 3 aromatic rings. The second kappa shape index (κ2) is 7.88. The number of alkyl halides is 5. The number of nitrogens with one attached hydrogen (secondary N) is 1. The lowest BCUT2D eigenvalue weighted by Gasteiger charge is -2.30. The summed E-state index contributed by atoms with van der Waals surface area (Å²) in [6, 6.07) is 3.18. The Morgan fingerprint density at radius 1 is 1.21 bits per heavy atom. The molecule has 34 heavy (non-hydrogen) atoms. The third kappa shape index (κ3) is 4.05. The van der Waals surface area contributed by atoms with Crippen LogP contribution < -0.4 is 11.2 Å². The summed E-state index contributed by atoms with van der Waals surface area (Å²) in [4.78, 5) is 31.3. The Hall–Kier alpha value is -3.31. The predicted molar refractivity (Wildman–Crippen MR) is 114 cm³/mol. The van der Waals surface area contributed by atoms with Gasteiger partial charge in [-0.05, 0) is 38.8 Å². The molecule has 3 N–H and O–H groups in total. The van der Waals surface area contributed by atoms with E-state index < -0.39 is 47.7 Å². The first-order valence-electron chi connectivity index (χ1n) is 10.6. The highest BCUT2D eigenvalue weighted by molar-refractivity contribution is 6.03. The molecule has 1 aliphatic carbocycles. The van der Waals surface area contributed by atoms with Gasteiger partial charge in [-0.1, -0.05) is 0 Å². The molecular weight excluding hydrogens is 461 g/mol. The van der Waals surface area contributed by atoms with E-state index >= 15 is 0 Å². The van der Waals surface area contributed by atoms with Gasteiger partial charge in [-0.2, -0.15) is 18.3 Å². The minimum Gasteiger partial charge on any atom is -0.364 e. The molecule has 12 heteroatoms. The van der Waals surface area contributed by atoms with Crippen LogP contribution in [0, 0.1) is 0 Å². The van der Waals surface area contributed by atoms with Crippen LogP contribution in [0.3, 0.4) is 0 Å². The Labute approximate surface area is 190 Å². The average molecular weight is 483 g/mol. The van der Waals surface area contributed by atoms with Crippen molar-refractivity contribution in [1.82, 2.24) is 19.7 Å². The van der Waals surface area contributed by atoms with Crippen molar-refractivity contribution in [2.45, 2.75) is 63.1 Å². The summed E-state index contributed by atoms with van der Waals surface area (Å²) in [5.41, 5.74) is 2.29. The number of H-pyrrole nitrogens is 1. The van der Waals surface area contributed by atoms with E-state index in [9.17, 15) is 31.5 Å². The van der Waals surface area contributed by atoms with Gasteiger partial charge >= 0.3 is 6.18 Å². The number of pyridine rings is 2. The van der Waals surface area contributed by atoms with Gasteiger partial charge in [0.15, 0.2) is 5.43 Å². The number of hydrogen-bond donors (Lipinski definition) is 2. The Bertz CT molecular complexity index is 1320. The molecule has 0 spiro atoms. The molecule has 0 atom stereocenters. The Morgan fingerprint density at radius 3 is 2.44 bits per heavy atom. The maximum Gasteiger partial charge on any atom is 0.399 e. The zero-order chi connectivity index (χ0) is 25.1. The molecule has 0 bridgehead atoms. The van der Waals surface area contributed by atoms with Gasteiger partial charge in [0, 0.05) is 25.1 Å². The average Bonchev–Trinajstić information content (AvgIpc) is 3.18. The third-order valence-electron chi connectivity index (χ3n) is 6.37. The smallest absolute Gasteiger partial charge is 0.364 e. The third-order valence-corrected chi connectivity index (χ3v) is 6.37. The van der Waals surface area contributed by atoms with Crippen LogP contribution in [0.4, 0.5) is 22.0 Å². The molecule has 1 fully saturated rings. The van der Waals surface area contributed by atoms with Crippen molar-refractivity contribution < 1.29 is 26.7 Å². The molecule has 0 radical (unpaired) electrons. The van der Waals surface area contributed by atoms with Crippen molar-refractivity contribution in [2.24, 2.45) is 5.73 Å². The fraction of sp³-hybridized carbons (Fsp3) is 0.455. The van der Waals surface area contributed by atoms with Gasteiger partial charge in [0.05, 0.1) is 34.0 Å². The molecule has 182 valence electrons. The minimum atomic E-state index is -4.62. The van der Waals surface area contributed by atoms with E-state index in [1.54, 1.807) is 0 Å². The highest BCUT2D eigenvalue weighted by Crippen LogP contribution is 2.44. The summed E-state index contributed by atoms with van der Waals surface area (Å²) in [5.74, 6) is -3.75. The molecule has 4 rings (SSSR count). The van der Waals surface area contributed by atoms with E-state index in [4.69, 9.17) is 5.73 Å². The molecule has 1 amide bonds. The number of rotatable bonds is 4. The lowest BCUT2D eigenvalue weighted by Crippen LogP contribution is -2.37. The number of primary amides is 1. The number of aromatic nitrogens is 4. The monoisotopic (exact) mass is 483 g/mol.